The Labute approximate surface area is 145 Å². The van der Waals surface area contributed by atoms with E-state index in [0.717, 1.165) is 17.7 Å². The van der Waals surface area contributed by atoms with E-state index in [0.29, 0.717) is 24.0 Å². The van der Waals surface area contributed by atoms with Crippen LogP contribution in [0.15, 0.2) is 37.1 Å². The number of amides is 1. The lowest BCUT2D eigenvalue weighted by Crippen LogP contribution is -2.25. The van der Waals surface area contributed by atoms with E-state index in [4.69, 9.17) is 0 Å². The highest BCUT2D eigenvalue weighted by Crippen LogP contribution is 2.11. The van der Waals surface area contributed by atoms with E-state index in [2.05, 4.69) is 39.3 Å². The van der Waals surface area contributed by atoms with Gasteiger partial charge in [-0.1, -0.05) is 19.9 Å². The highest BCUT2D eigenvalue weighted by molar-refractivity contribution is 5.92. The molecule has 130 valence electrons. The lowest BCUT2D eigenvalue weighted by atomic mass is 10.1. The molecule has 25 heavy (non-hydrogen) atoms. The van der Waals surface area contributed by atoms with Crippen LogP contribution in [-0.4, -0.2) is 35.4 Å². The van der Waals surface area contributed by atoms with Gasteiger partial charge in [0.15, 0.2) is 5.82 Å². The predicted octanol–water partition coefficient (Wildman–Crippen LogP) is 1.52. The maximum absolute atomic E-state index is 12.5. The molecular formula is C17H21N7O. The second kappa shape index (κ2) is 7.25. The highest BCUT2D eigenvalue weighted by atomic mass is 16.2. The summed E-state index contributed by atoms with van der Waals surface area (Å²) in [4.78, 5) is 20.8. The van der Waals surface area contributed by atoms with Crippen LogP contribution >= 0.6 is 0 Å². The lowest BCUT2D eigenvalue weighted by Gasteiger charge is -2.09. The molecule has 8 nitrogen and oxygen atoms in total. The minimum absolute atomic E-state index is 0.168. The number of hydrogen-bond acceptors (Lipinski definition) is 5. The van der Waals surface area contributed by atoms with Gasteiger partial charge in [0.2, 0.25) is 0 Å². The standard InChI is InChI=1S/C17H21N7O/c1-12(2)7-14-8-15(23(3)22-14)17(25)20-9-13-5-4-6-19-16(13)24-11-18-10-21-24/h4-6,8,10-12H,7,9H2,1-3H3,(H,20,25). The molecular weight excluding hydrogens is 318 g/mol. The molecule has 3 aromatic rings. The quantitative estimate of drug-likeness (QED) is 0.735. The zero-order valence-electron chi connectivity index (χ0n) is 14.5. The molecule has 3 heterocycles. The summed E-state index contributed by atoms with van der Waals surface area (Å²) in [6.07, 6.45) is 5.55. The Morgan fingerprint density at radius 1 is 1.36 bits per heavy atom. The fourth-order valence-corrected chi connectivity index (χ4v) is 2.62. The highest BCUT2D eigenvalue weighted by Gasteiger charge is 2.15. The number of carbonyl (C=O) groups is 1. The summed E-state index contributed by atoms with van der Waals surface area (Å²) in [6.45, 7) is 4.59. The van der Waals surface area contributed by atoms with Gasteiger partial charge in [-0.25, -0.2) is 14.6 Å². The predicted molar refractivity (Wildman–Crippen MR) is 92.1 cm³/mol. The van der Waals surface area contributed by atoms with Gasteiger partial charge in [-0.05, 0) is 24.5 Å². The summed E-state index contributed by atoms with van der Waals surface area (Å²) in [7, 11) is 1.78. The summed E-state index contributed by atoms with van der Waals surface area (Å²) >= 11 is 0. The number of hydrogen-bond donors (Lipinski definition) is 1. The fraction of sp³-hybridized carbons (Fsp3) is 0.353. The lowest BCUT2D eigenvalue weighted by molar-refractivity contribution is 0.0941. The third-order valence-electron chi connectivity index (χ3n) is 3.72. The molecule has 3 rings (SSSR count). The Balaban J connectivity index is 1.72. The molecule has 0 spiro atoms. The number of aryl methyl sites for hydroxylation is 1. The number of rotatable bonds is 6. The van der Waals surface area contributed by atoms with Crippen LogP contribution < -0.4 is 5.32 Å². The molecule has 0 aliphatic carbocycles. The minimum Gasteiger partial charge on any atom is -0.346 e. The van der Waals surface area contributed by atoms with Gasteiger partial charge in [-0.2, -0.15) is 10.2 Å². The third-order valence-corrected chi connectivity index (χ3v) is 3.72. The van der Waals surface area contributed by atoms with Gasteiger partial charge in [0, 0.05) is 25.4 Å². The maximum Gasteiger partial charge on any atom is 0.269 e. The van der Waals surface area contributed by atoms with Gasteiger partial charge >= 0.3 is 0 Å². The zero-order chi connectivity index (χ0) is 17.8. The number of aromatic nitrogens is 6. The van der Waals surface area contributed by atoms with E-state index in [1.54, 1.807) is 28.9 Å². The van der Waals surface area contributed by atoms with Crippen molar-refractivity contribution >= 4 is 5.91 Å². The largest absolute Gasteiger partial charge is 0.346 e. The van der Waals surface area contributed by atoms with Crippen molar-refractivity contribution in [2.75, 3.05) is 0 Å². The molecule has 0 saturated heterocycles. The van der Waals surface area contributed by atoms with Crippen LogP contribution in [0.5, 0.6) is 0 Å². The van der Waals surface area contributed by atoms with Crippen molar-refractivity contribution in [1.29, 1.82) is 0 Å². The maximum atomic E-state index is 12.5. The summed E-state index contributed by atoms with van der Waals surface area (Å²) in [6, 6.07) is 5.57. The SMILES string of the molecule is CC(C)Cc1cc(C(=O)NCc2cccnc2-n2cncn2)n(C)n1. The van der Waals surface area contributed by atoms with Gasteiger partial charge in [0.1, 0.15) is 18.3 Å². The molecule has 1 N–H and O–H groups in total. The fourth-order valence-electron chi connectivity index (χ4n) is 2.62. The van der Waals surface area contributed by atoms with Gasteiger partial charge in [0.25, 0.3) is 5.91 Å². The van der Waals surface area contributed by atoms with E-state index in [1.165, 1.54) is 6.33 Å². The number of nitrogens with zero attached hydrogens (tertiary/aromatic N) is 6. The molecule has 0 aliphatic rings. The molecule has 0 fully saturated rings. The van der Waals surface area contributed by atoms with Gasteiger partial charge in [-0.15, -0.1) is 0 Å². The zero-order valence-corrected chi connectivity index (χ0v) is 14.5. The van der Waals surface area contributed by atoms with E-state index >= 15 is 0 Å². The van der Waals surface area contributed by atoms with Gasteiger partial charge < -0.3 is 5.32 Å². The molecule has 1 amide bonds. The first kappa shape index (κ1) is 16.8. The Morgan fingerprint density at radius 3 is 2.92 bits per heavy atom. The van der Waals surface area contributed by atoms with Crippen molar-refractivity contribution in [1.82, 2.24) is 34.8 Å². The van der Waals surface area contributed by atoms with Crippen LogP contribution in [-0.2, 0) is 20.0 Å². The van der Waals surface area contributed by atoms with Crippen LogP contribution in [0.25, 0.3) is 5.82 Å². The average molecular weight is 339 g/mol. The molecule has 0 bridgehead atoms. The third kappa shape index (κ3) is 3.90. The topological polar surface area (TPSA) is 90.5 Å². The van der Waals surface area contributed by atoms with Crippen molar-refractivity contribution in [3.8, 4) is 5.82 Å². The van der Waals surface area contributed by atoms with Crippen molar-refractivity contribution in [2.45, 2.75) is 26.8 Å². The van der Waals surface area contributed by atoms with Gasteiger partial charge in [-0.3, -0.25) is 9.48 Å². The second-order valence-corrected chi connectivity index (χ2v) is 6.25. The molecule has 8 heteroatoms. The Bertz CT molecular complexity index is 852. The normalized spacial score (nSPS) is 11.0. The summed E-state index contributed by atoms with van der Waals surface area (Å²) in [5, 5.41) is 11.4. The molecule has 0 atom stereocenters. The summed E-state index contributed by atoms with van der Waals surface area (Å²) in [5.41, 5.74) is 2.32. The van der Waals surface area contributed by atoms with E-state index in [9.17, 15) is 4.79 Å². The minimum atomic E-state index is -0.168. The molecule has 0 unspecified atom stereocenters. The molecule has 0 aromatic carbocycles. The van der Waals surface area contributed by atoms with Crippen molar-refractivity contribution < 1.29 is 4.79 Å². The van der Waals surface area contributed by atoms with Crippen LogP contribution in [0.4, 0.5) is 0 Å². The summed E-state index contributed by atoms with van der Waals surface area (Å²) < 4.78 is 3.20. The van der Waals surface area contributed by atoms with Crippen LogP contribution in [0.1, 0.15) is 35.6 Å². The monoisotopic (exact) mass is 339 g/mol. The Hall–Kier alpha value is -3.03. The number of carbonyl (C=O) groups excluding carboxylic acids is 1. The molecule has 0 saturated carbocycles. The smallest absolute Gasteiger partial charge is 0.269 e. The van der Waals surface area contributed by atoms with Crippen molar-refractivity contribution in [2.24, 2.45) is 13.0 Å². The van der Waals surface area contributed by atoms with Gasteiger partial charge in [0.05, 0.1) is 5.69 Å². The van der Waals surface area contributed by atoms with E-state index < -0.39 is 0 Å². The first-order chi connectivity index (χ1) is 12.0. The van der Waals surface area contributed by atoms with Crippen molar-refractivity contribution in [3.05, 3.63) is 54.0 Å². The second-order valence-electron chi connectivity index (χ2n) is 6.25. The van der Waals surface area contributed by atoms with Crippen LogP contribution in [0, 0.1) is 5.92 Å². The molecule has 3 aromatic heterocycles. The number of nitrogens with one attached hydrogen (secondary N) is 1. The first-order valence-electron chi connectivity index (χ1n) is 8.14. The van der Waals surface area contributed by atoms with Crippen molar-refractivity contribution in [3.63, 3.8) is 0 Å². The van der Waals surface area contributed by atoms with E-state index in [-0.39, 0.29) is 5.91 Å². The molecule has 0 radical (unpaired) electrons. The van der Waals surface area contributed by atoms with E-state index in [1.807, 2.05) is 18.2 Å². The Morgan fingerprint density at radius 2 is 2.20 bits per heavy atom. The first-order valence-corrected chi connectivity index (χ1v) is 8.14. The van der Waals surface area contributed by atoms with Crippen LogP contribution in [0.2, 0.25) is 0 Å². The molecule has 0 aliphatic heterocycles. The number of pyridine rings is 1. The summed E-state index contributed by atoms with van der Waals surface area (Å²) in [5.74, 6) is 0.968. The average Bonchev–Trinajstić information content (AvgIpc) is 3.22. The van der Waals surface area contributed by atoms with Crippen LogP contribution in [0.3, 0.4) is 0 Å². The Kier molecular flexibility index (Phi) is 4.87.